The molecule has 0 radical (unpaired) electrons. The summed E-state index contributed by atoms with van der Waals surface area (Å²) in [6.45, 7) is 0.212. The van der Waals surface area contributed by atoms with Crippen molar-refractivity contribution in [3.63, 3.8) is 0 Å². The van der Waals surface area contributed by atoms with Crippen LogP contribution >= 0.6 is 35.4 Å². The molecule has 2 aromatic carbocycles. The average Bonchev–Trinajstić information content (AvgIpc) is 2.50. The van der Waals surface area contributed by atoms with Crippen LogP contribution in [0.5, 0.6) is 0 Å². The fraction of sp³-hybridized carbons (Fsp3) is 0.0667. The van der Waals surface area contributed by atoms with Crippen molar-refractivity contribution in [3.05, 3.63) is 64.1 Å². The molecule has 0 aliphatic heterocycles. The van der Waals surface area contributed by atoms with E-state index in [-0.39, 0.29) is 6.61 Å². The third-order valence-electron chi connectivity index (χ3n) is 2.62. The Kier molecular flexibility index (Phi) is 6.61. The Bertz CT molecular complexity index is 645. The number of hydrogen-bond donors (Lipinski definition) is 2. The highest BCUT2D eigenvalue weighted by molar-refractivity contribution is 7.80. The Morgan fingerprint density at radius 2 is 1.77 bits per heavy atom. The number of aliphatic imine (C=N–C) groups is 1. The van der Waals surface area contributed by atoms with Gasteiger partial charge in [0.05, 0.1) is 0 Å². The third kappa shape index (κ3) is 5.27. The van der Waals surface area contributed by atoms with E-state index in [0.29, 0.717) is 20.7 Å². The third-order valence-corrected chi connectivity index (χ3v) is 3.54. The van der Waals surface area contributed by atoms with E-state index in [1.165, 1.54) is 6.34 Å². The molecule has 0 saturated heterocycles. The van der Waals surface area contributed by atoms with Crippen LogP contribution in [-0.4, -0.2) is 11.5 Å². The van der Waals surface area contributed by atoms with Gasteiger partial charge in [-0.15, -0.1) is 0 Å². The maximum Gasteiger partial charge on any atom is 0.198 e. The van der Waals surface area contributed by atoms with Crippen molar-refractivity contribution in [3.8, 4) is 0 Å². The molecule has 0 fully saturated rings. The lowest BCUT2D eigenvalue weighted by Crippen LogP contribution is -2.15. The van der Waals surface area contributed by atoms with Gasteiger partial charge in [0.1, 0.15) is 12.9 Å². The first kappa shape index (κ1) is 16.7. The number of thiocarbonyl (C=S) groups is 1. The number of nitrogens with one attached hydrogen (secondary N) is 2. The first-order valence-electron chi connectivity index (χ1n) is 6.35. The van der Waals surface area contributed by atoms with Gasteiger partial charge in [-0.25, -0.2) is 4.99 Å². The second-order valence-electron chi connectivity index (χ2n) is 4.16. The van der Waals surface area contributed by atoms with E-state index < -0.39 is 0 Å². The molecule has 114 valence electrons. The number of nitrogens with zero attached hydrogens (tertiary/aromatic N) is 1. The predicted molar refractivity (Wildman–Crippen MR) is 95.5 cm³/mol. The first-order chi connectivity index (χ1) is 10.7. The number of halogens is 2. The van der Waals surface area contributed by atoms with E-state index in [4.69, 9.17) is 40.3 Å². The van der Waals surface area contributed by atoms with E-state index in [1.54, 1.807) is 18.2 Å². The lowest BCUT2D eigenvalue weighted by atomic mass is 10.2. The van der Waals surface area contributed by atoms with Gasteiger partial charge in [-0.3, -0.25) is 10.3 Å². The van der Waals surface area contributed by atoms with Crippen molar-refractivity contribution in [2.45, 2.75) is 6.61 Å². The summed E-state index contributed by atoms with van der Waals surface area (Å²) in [5.74, 6) is 0. The largest absolute Gasteiger partial charge is 0.331 e. The van der Waals surface area contributed by atoms with Crippen molar-refractivity contribution in [1.82, 2.24) is 5.48 Å². The molecule has 4 nitrogen and oxygen atoms in total. The quantitative estimate of drug-likeness (QED) is 0.274. The minimum absolute atomic E-state index is 0.212. The Morgan fingerprint density at radius 1 is 1.09 bits per heavy atom. The van der Waals surface area contributed by atoms with E-state index in [0.717, 1.165) is 5.69 Å². The molecule has 7 heteroatoms. The Hall–Kier alpha value is -1.66. The van der Waals surface area contributed by atoms with Gasteiger partial charge in [-0.2, -0.15) is 0 Å². The lowest BCUT2D eigenvalue weighted by Gasteiger charge is -2.07. The standard InChI is InChI=1S/C15H13Cl2N3OS/c16-13-7-4-8-14(17)12(13)9-21-19-10-18-15(22)20-11-5-2-1-3-6-11/h1-8,10H,9H2,(H2,18,19,20,22). The van der Waals surface area contributed by atoms with Gasteiger partial charge in [-0.1, -0.05) is 47.5 Å². The van der Waals surface area contributed by atoms with Crippen LogP contribution < -0.4 is 10.8 Å². The van der Waals surface area contributed by atoms with Crippen molar-refractivity contribution < 1.29 is 4.84 Å². The second kappa shape index (κ2) is 8.70. The molecule has 0 aromatic heterocycles. The molecule has 0 bridgehead atoms. The molecule has 2 N–H and O–H groups in total. The highest BCUT2D eigenvalue weighted by Gasteiger charge is 2.04. The van der Waals surface area contributed by atoms with Crippen molar-refractivity contribution >= 4 is 52.6 Å². The summed E-state index contributed by atoms with van der Waals surface area (Å²) < 4.78 is 0. The zero-order chi connectivity index (χ0) is 15.8. The number of rotatable bonds is 5. The first-order valence-corrected chi connectivity index (χ1v) is 7.52. The molecule has 2 aromatic rings. The normalized spacial score (nSPS) is 10.6. The lowest BCUT2D eigenvalue weighted by molar-refractivity contribution is 0.0747. The van der Waals surface area contributed by atoms with Gasteiger partial charge in [-0.05, 0) is 36.5 Å². The van der Waals surface area contributed by atoms with Crippen molar-refractivity contribution in [2.24, 2.45) is 4.99 Å². The molecule has 0 spiro atoms. The topological polar surface area (TPSA) is 45.7 Å². The van der Waals surface area contributed by atoms with Crippen molar-refractivity contribution in [1.29, 1.82) is 0 Å². The number of anilines is 1. The maximum absolute atomic E-state index is 6.03. The summed E-state index contributed by atoms with van der Waals surface area (Å²) >= 11 is 17.1. The van der Waals surface area contributed by atoms with Gasteiger partial charge < -0.3 is 5.32 Å². The zero-order valence-corrected chi connectivity index (χ0v) is 13.8. The van der Waals surface area contributed by atoms with Gasteiger partial charge in [0.25, 0.3) is 0 Å². The predicted octanol–water partition coefficient (Wildman–Crippen LogP) is 4.44. The Morgan fingerprint density at radius 3 is 2.45 bits per heavy atom. The molecule has 0 atom stereocenters. The monoisotopic (exact) mass is 353 g/mol. The molecular weight excluding hydrogens is 341 g/mol. The second-order valence-corrected chi connectivity index (χ2v) is 5.36. The van der Waals surface area contributed by atoms with Crippen LogP contribution in [0.4, 0.5) is 5.69 Å². The summed E-state index contributed by atoms with van der Waals surface area (Å²) in [7, 11) is 0. The summed E-state index contributed by atoms with van der Waals surface area (Å²) in [6.07, 6.45) is 1.35. The van der Waals surface area contributed by atoms with E-state index in [1.807, 2.05) is 30.3 Å². The minimum Gasteiger partial charge on any atom is -0.331 e. The molecule has 0 aliphatic carbocycles. The SMILES string of the molecule is S=C(N=CNOCc1c(Cl)cccc1Cl)Nc1ccccc1. The van der Waals surface area contributed by atoms with Gasteiger partial charge in [0, 0.05) is 21.3 Å². The van der Waals surface area contributed by atoms with Crippen LogP contribution in [-0.2, 0) is 11.4 Å². The molecule has 0 amide bonds. The summed E-state index contributed by atoms with van der Waals surface area (Å²) in [5, 5.41) is 4.38. The minimum atomic E-state index is 0.212. The average molecular weight is 354 g/mol. The summed E-state index contributed by atoms with van der Waals surface area (Å²) in [4.78, 5) is 9.22. The van der Waals surface area contributed by atoms with Crippen LogP contribution in [0.3, 0.4) is 0 Å². The van der Waals surface area contributed by atoms with Crippen LogP contribution in [0, 0.1) is 0 Å². The smallest absolute Gasteiger partial charge is 0.198 e. The summed E-state index contributed by atoms with van der Waals surface area (Å²) in [5.41, 5.74) is 4.14. The molecule has 22 heavy (non-hydrogen) atoms. The van der Waals surface area contributed by atoms with Gasteiger partial charge in [0.2, 0.25) is 0 Å². The van der Waals surface area contributed by atoms with Crippen LogP contribution in [0.15, 0.2) is 53.5 Å². The van der Waals surface area contributed by atoms with Crippen LogP contribution in [0.2, 0.25) is 10.0 Å². The summed E-state index contributed by atoms with van der Waals surface area (Å²) in [6, 6.07) is 14.8. The fourth-order valence-corrected chi connectivity index (χ4v) is 2.26. The molecule has 0 heterocycles. The number of para-hydroxylation sites is 1. The molecule has 2 rings (SSSR count). The Balaban J connectivity index is 1.75. The number of hydrogen-bond acceptors (Lipinski definition) is 2. The van der Waals surface area contributed by atoms with Gasteiger partial charge >= 0.3 is 0 Å². The van der Waals surface area contributed by atoms with E-state index >= 15 is 0 Å². The molecule has 0 saturated carbocycles. The molecule has 0 aliphatic rings. The molecular formula is C15H13Cl2N3OS. The van der Waals surface area contributed by atoms with Gasteiger partial charge in [0.15, 0.2) is 5.11 Å². The van der Waals surface area contributed by atoms with E-state index in [2.05, 4.69) is 15.8 Å². The highest BCUT2D eigenvalue weighted by Crippen LogP contribution is 2.24. The molecule has 0 unspecified atom stereocenters. The fourth-order valence-electron chi connectivity index (χ4n) is 1.58. The number of hydroxylamine groups is 1. The van der Waals surface area contributed by atoms with Crippen molar-refractivity contribution in [2.75, 3.05) is 5.32 Å². The maximum atomic E-state index is 6.03. The highest BCUT2D eigenvalue weighted by atomic mass is 35.5. The Labute approximate surface area is 144 Å². The van der Waals surface area contributed by atoms with Crippen LogP contribution in [0.25, 0.3) is 0 Å². The number of benzene rings is 2. The zero-order valence-electron chi connectivity index (χ0n) is 11.4. The van der Waals surface area contributed by atoms with Crippen LogP contribution in [0.1, 0.15) is 5.56 Å². The van der Waals surface area contributed by atoms with E-state index in [9.17, 15) is 0 Å².